The molecule has 94 valence electrons. The van der Waals surface area contributed by atoms with Crippen molar-refractivity contribution >= 4 is 34.4 Å². The van der Waals surface area contributed by atoms with Gasteiger partial charge in [0.05, 0.1) is 11.8 Å². The summed E-state index contributed by atoms with van der Waals surface area (Å²) < 4.78 is 0. The summed E-state index contributed by atoms with van der Waals surface area (Å²) in [6.45, 7) is 0. The summed E-state index contributed by atoms with van der Waals surface area (Å²) in [6, 6.07) is 9.10. The van der Waals surface area contributed by atoms with Gasteiger partial charge in [0.1, 0.15) is 0 Å². The Hall–Kier alpha value is -0.940. The Morgan fingerprint density at radius 2 is 2.11 bits per heavy atom. The first-order valence-electron chi connectivity index (χ1n) is 6.03. The van der Waals surface area contributed by atoms with Crippen molar-refractivity contribution in [1.82, 2.24) is 5.43 Å². The predicted molar refractivity (Wildman–Crippen MR) is 80.8 cm³/mol. The maximum absolute atomic E-state index is 4.56. The lowest BCUT2D eigenvalue weighted by atomic mass is 10.1. The molecule has 0 unspecified atom stereocenters. The molecule has 3 rings (SSSR count). The Kier molecular flexibility index (Phi) is 3.61. The molecule has 5 heteroatoms. The minimum absolute atomic E-state index is 0.553. The summed E-state index contributed by atoms with van der Waals surface area (Å²) in [4.78, 5) is 5.85. The van der Waals surface area contributed by atoms with Gasteiger partial charge in [-0.1, -0.05) is 23.9 Å². The van der Waals surface area contributed by atoms with Gasteiger partial charge in [0.2, 0.25) is 0 Å². The normalized spacial score (nSPS) is 21.6. The van der Waals surface area contributed by atoms with Crippen LogP contribution in [-0.4, -0.2) is 28.9 Å². The van der Waals surface area contributed by atoms with Gasteiger partial charge < -0.3 is 0 Å². The number of nitrogens with zero attached hydrogens (tertiary/aromatic N) is 2. The van der Waals surface area contributed by atoms with Crippen molar-refractivity contribution in [3.05, 3.63) is 29.8 Å². The second kappa shape index (κ2) is 5.36. The van der Waals surface area contributed by atoms with E-state index >= 15 is 0 Å². The zero-order chi connectivity index (χ0) is 12.4. The number of rotatable bonds is 3. The number of amidine groups is 1. The van der Waals surface area contributed by atoms with Gasteiger partial charge in [0.25, 0.3) is 0 Å². The molecule has 1 aromatic carbocycles. The summed E-state index contributed by atoms with van der Waals surface area (Å²) in [5, 5.41) is 5.40. The summed E-state index contributed by atoms with van der Waals surface area (Å²) >= 11 is 3.51. The zero-order valence-electron chi connectivity index (χ0n) is 10.2. The molecule has 1 saturated carbocycles. The Bertz CT molecular complexity index is 489. The summed E-state index contributed by atoms with van der Waals surface area (Å²) in [6.07, 6.45) is 4.56. The van der Waals surface area contributed by atoms with E-state index in [-0.39, 0.29) is 0 Å². The molecule has 0 amide bonds. The van der Waals surface area contributed by atoms with Gasteiger partial charge in [-0.3, -0.25) is 10.4 Å². The molecule has 0 aromatic heterocycles. The number of aliphatic imine (C=N–C) groups is 1. The molecule has 1 fully saturated rings. The molecule has 1 N–H and O–H groups in total. The average molecular weight is 277 g/mol. The van der Waals surface area contributed by atoms with Crippen LogP contribution in [0.2, 0.25) is 0 Å². The molecule has 0 bridgehead atoms. The third kappa shape index (κ3) is 2.90. The Balaban J connectivity index is 1.71. The monoisotopic (exact) mass is 277 g/mol. The lowest BCUT2D eigenvalue weighted by molar-refractivity contribution is 0.985. The van der Waals surface area contributed by atoms with E-state index in [4.69, 9.17) is 0 Å². The molecule has 0 saturated heterocycles. The zero-order valence-corrected chi connectivity index (χ0v) is 11.9. The van der Waals surface area contributed by atoms with Crippen LogP contribution in [0.3, 0.4) is 0 Å². The molecule has 3 nitrogen and oxygen atoms in total. The molecule has 1 aliphatic carbocycles. The van der Waals surface area contributed by atoms with Crippen LogP contribution in [0.15, 0.2) is 39.3 Å². The SMILES string of the molecule is CSc1ccc(C2=NNC(=NC3CC3)SC2)cc1. The minimum atomic E-state index is 0.553. The predicted octanol–water partition coefficient (Wildman–Crippen LogP) is 2.97. The van der Waals surface area contributed by atoms with Crippen molar-refractivity contribution in [3.8, 4) is 0 Å². The highest BCUT2D eigenvalue weighted by molar-refractivity contribution is 8.14. The maximum atomic E-state index is 4.56. The van der Waals surface area contributed by atoms with Crippen molar-refractivity contribution in [2.75, 3.05) is 12.0 Å². The van der Waals surface area contributed by atoms with Crippen LogP contribution in [0.25, 0.3) is 0 Å². The molecule has 1 aliphatic heterocycles. The van der Waals surface area contributed by atoms with E-state index in [2.05, 4.69) is 46.0 Å². The van der Waals surface area contributed by atoms with Crippen molar-refractivity contribution in [2.45, 2.75) is 23.8 Å². The highest BCUT2D eigenvalue weighted by Crippen LogP contribution is 2.25. The topological polar surface area (TPSA) is 36.8 Å². The number of thioether (sulfide) groups is 2. The van der Waals surface area contributed by atoms with Gasteiger partial charge in [-0.15, -0.1) is 11.8 Å². The molecule has 1 aromatic rings. The van der Waals surface area contributed by atoms with Crippen LogP contribution in [-0.2, 0) is 0 Å². The number of benzene rings is 1. The smallest absolute Gasteiger partial charge is 0.177 e. The first kappa shape index (κ1) is 12.1. The van der Waals surface area contributed by atoms with Crippen molar-refractivity contribution in [3.63, 3.8) is 0 Å². The Morgan fingerprint density at radius 3 is 2.67 bits per heavy atom. The molecule has 1 heterocycles. The second-order valence-corrected chi connectivity index (χ2v) is 6.20. The minimum Gasteiger partial charge on any atom is -0.258 e. The van der Waals surface area contributed by atoms with Gasteiger partial charge in [-0.2, -0.15) is 5.10 Å². The molecule has 18 heavy (non-hydrogen) atoms. The van der Waals surface area contributed by atoms with Crippen LogP contribution in [0.4, 0.5) is 0 Å². The van der Waals surface area contributed by atoms with Crippen molar-refractivity contribution in [1.29, 1.82) is 0 Å². The number of hydrazone groups is 1. The van der Waals surface area contributed by atoms with E-state index in [9.17, 15) is 0 Å². The lowest BCUT2D eigenvalue weighted by Gasteiger charge is -2.14. The van der Waals surface area contributed by atoms with Gasteiger partial charge in [0, 0.05) is 10.6 Å². The average Bonchev–Trinajstić information content (AvgIpc) is 3.24. The first-order valence-corrected chi connectivity index (χ1v) is 8.24. The molecule has 0 radical (unpaired) electrons. The third-order valence-corrected chi connectivity index (χ3v) is 4.53. The number of hydrogen-bond acceptors (Lipinski definition) is 4. The Morgan fingerprint density at radius 1 is 1.33 bits per heavy atom. The van der Waals surface area contributed by atoms with Crippen LogP contribution in [0.1, 0.15) is 18.4 Å². The fourth-order valence-electron chi connectivity index (χ4n) is 1.68. The highest BCUT2D eigenvalue weighted by Gasteiger charge is 2.22. The molecule has 0 spiro atoms. The lowest BCUT2D eigenvalue weighted by Crippen LogP contribution is -2.25. The van der Waals surface area contributed by atoms with E-state index in [1.165, 1.54) is 23.3 Å². The van der Waals surface area contributed by atoms with Gasteiger partial charge in [-0.05, 0) is 36.8 Å². The molecule has 0 atom stereocenters. The van der Waals surface area contributed by atoms with Crippen molar-refractivity contribution < 1.29 is 0 Å². The fourth-order valence-corrected chi connectivity index (χ4v) is 2.93. The van der Waals surface area contributed by atoms with E-state index in [0.29, 0.717) is 6.04 Å². The summed E-state index contributed by atoms with van der Waals surface area (Å²) in [5.41, 5.74) is 5.36. The van der Waals surface area contributed by atoms with Gasteiger partial charge in [-0.25, -0.2) is 0 Å². The van der Waals surface area contributed by atoms with Crippen molar-refractivity contribution in [2.24, 2.45) is 10.1 Å². The van der Waals surface area contributed by atoms with Crippen LogP contribution in [0.5, 0.6) is 0 Å². The van der Waals surface area contributed by atoms with E-state index in [0.717, 1.165) is 16.6 Å². The number of nitrogens with one attached hydrogen (secondary N) is 1. The van der Waals surface area contributed by atoms with Crippen LogP contribution in [0, 0.1) is 0 Å². The summed E-state index contributed by atoms with van der Waals surface area (Å²) in [5.74, 6) is 0.900. The van der Waals surface area contributed by atoms with E-state index in [1.807, 2.05) is 0 Å². The largest absolute Gasteiger partial charge is 0.258 e. The van der Waals surface area contributed by atoms with Crippen LogP contribution < -0.4 is 5.43 Å². The first-order chi connectivity index (χ1) is 8.85. The summed E-state index contributed by atoms with van der Waals surface area (Å²) in [7, 11) is 0. The Labute approximate surface area is 116 Å². The number of hydrogen-bond donors (Lipinski definition) is 1. The van der Waals surface area contributed by atoms with E-state index in [1.54, 1.807) is 23.5 Å². The standard InChI is InChI=1S/C13H15N3S2/c1-17-11-6-2-9(3-7-11)12-8-18-13(16-15-12)14-10-4-5-10/h2-3,6-7,10H,4-5,8H2,1H3,(H,14,16). The maximum Gasteiger partial charge on any atom is 0.177 e. The molecule has 2 aliphatic rings. The molecular formula is C13H15N3S2. The van der Waals surface area contributed by atoms with Gasteiger partial charge >= 0.3 is 0 Å². The van der Waals surface area contributed by atoms with E-state index < -0.39 is 0 Å². The quantitative estimate of drug-likeness (QED) is 0.863. The second-order valence-electron chi connectivity index (χ2n) is 4.35. The highest BCUT2D eigenvalue weighted by atomic mass is 32.2. The van der Waals surface area contributed by atoms with Gasteiger partial charge in [0.15, 0.2) is 5.17 Å². The third-order valence-electron chi connectivity index (χ3n) is 2.90. The molecular weight excluding hydrogens is 262 g/mol. The fraction of sp³-hybridized carbons (Fsp3) is 0.385. The van der Waals surface area contributed by atoms with Crippen LogP contribution >= 0.6 is 23.5 Å².